The van der Waals surface area contributed by atoms with E-state index in [1.807, 2.05) is 0 Å². The molecule has 0 radical (unpaired) electrons. The van der Waals surface area contributed by atoms with Crippen molar-refractivity contribution >= 4 is 11.7 Å². The van der Waals surface area contributed by atoms with Gasteiger partial charge < -0.3 is 16.2 Å². The van der Waals surface area contributed by atoms with Gasteiger partial charge in [0.2, 0.25) is 5.78 Å². The van der Waals surface area contributed by atoms with E-state index >= 15 is 0 Å². The Bertz CT molecular complexity index is 691. The number of rotatable bonds is 4. The molecule has 6 heteroatoms. The first kappa shape index (κ1) is 23.2. The number of halogens is 1. The van der Waals surface area contributed by atoms with Gasteiger partial charge in [0.25, 0.3) is 5.91 Å². The smallest absolute Gasteiger partial charge is 0.461 e. The SMILES string of the molecule is O=C(c1ccco1)C1CCN(C(=O)c2ccc(F)cc2)CC1.[CH2-]CCC.[Li+]. The summed E-state index contributed by atoms with van der Waals surface area (Å²) in [6.07, 6.45) is 5.00. The van der Waals surface area contributed by atoms with Crippen molar-refractivity contribution in [2.75, 3.05) is 13.1 Å². The summed E-state index contributed by atoms with van der Waals surface area (Å²) < 4.78 is 18.0. The van der Waals surface area contributed by atoms with E-state index in [-0.39, 0.29) is 42.3 Å². The van der Waals surface area contributed by atoms with Gasteiger partial charge in [-0.1, -0.05) is 13.3 Å². The number of likely N-dealkylation sites (tertiary alicyclic amines) is 1. The van der Waals surface area contributed by atoms with Crippen molar-refractivity contribution in [3.05, 3.63) is 66.7 Å². The standard InChI is InChI=1S/C17H16FNO3.C4H9.Li/c18-14-5-3-13(4-6-14)17(21)19-9-7-12(8-10-19)16(20)15-2-1-11-22-15;1-3-4-2;/h1-6,11-12H,7-10H2;1,3-4H2,2H3;/q;-1;+1. The first-order valence-electron chi connectivity index (χ1n) is 8.98. The average Bonchev–Trinajstić information content (AvgIpc) is 3.22. The molecule has 0 N–H and O–H groups in total. The fourth-order valence-electron chi connectivity index (χ4n) is 2.74. The van der Waals surface area contributed by atoms with E-state index in [4.69, 9.17) is 4.42 Å². The number of unbranched alkanes of at least 4 members (excludes halogenated alkanes) is 1. The molecule has 1 aromatic heterocycles. The largest absolute Gasteiger partial charge is 1.00 e. The molecule has 1 aliphatic heterocycles. The van der Waals surface area contributed by atoms with Crippen LogP contribution < -0.4 is 18.9 Å². The predicted molar refractivity (Wildman–Crippen MR) is 98.3 cm³/mol. The Kier molecular flexibility index (Phi) is 10.1. The van der Waals surface area contributed by atoms with Gasteiger partial charge in [0.15, 0.2) is 5.76 Å². The topological polar surface area (TPSA) is 50.5 Å². The number of piperidine rings is 1. The predicted octanol–water partition coefficient (Wildman–Crippen LogP) is 1.78. The number of hydrogen-bond acceptors (Lipinski definition) is 3. The fourth-order valence-corrected chi connectivity index (χ4v) is 2.74. The second-order valence-electron chi connectivity index (χ2n) is 6.27. The minimum Gasteiger partial charge on any atom is -0.461 e. The van der Waals surface area contributed by atoms with E-state index in [1.165, 1.54) is 36.9 Å². The molecule has 2 heterocycles. The Morgan fingerprint density at radius 1 is 1.19 bits per heavy atom. The van der Waals surface area contributed by atoms with Crippen LogP contribution in [0.25, 0.3) is 0 Å². The summed E-state index contributed by atoms with van der Waals surface area (Å²) in [4.78, 5) is 26.2. The number of benzene rings is 1. The molecule has 4 nitrogen and oxygen atoms in total. The number of carbonyl (C=O) groups excluding carboxylic acids is 2. The molecule has 1 saturated heterocycles. The Morgan fingerprint density at radius 2 is 1.78 bits per heavy atom. The second kappa shape index (κ2) is 11.8. The zero-order valence-electron chi connectivity index (χ0n) is 16.1. The summed E-state index contributed by atoms with van der Waals surface area (Å²) >= 11 is 0. The molecule has 1 amide bonds. The molecule has 0 bridgehead atoms. The Labute approximate surface area is 172 Å². The number of furan rings is 1. The summed E-state index contributed by atoms with van der Waals surface area (Å²) in [6.45, 7) is 6.76. The number of nitrogens with zero attached hydrogens (tertiary/aromatic N) is 1. The quantitative estimate of drug-likeness (QED) is 0.472. The van der Waals surface area contributed by atoms with Gasteiger partial charge in [0.1, 0.15) is 5.82 Å². The number of ketones is 1. The van der Waals surface area contributed by atoms with Crippen molar-refractivity contribution in [2.45, 2.75) is 32.6 Å². The van der Waals surface area contributed by atoms with Crippen LogP contribution in [0.1, 0.15) is 53.5 Å². The molecule has 1 fully saturated rings. The molecule has 1 aromatic carbocycles. The molecule has 2 aromatic rings. The molecular formula is C21H25FLiNO3. The zero-order chi connectivity index (χ0) is 18.9. The van der Waals surface area contributed by atoms with Crippen molar-refractivity contribution < 1.29 is 37.3 Å². The average molecular weight is 365 g/mol. The van der Waals surface area contributed by atoms with E-state index in [2.05, 4.69) is 13.8 Å². The van der Waals surface area contributed by atoms with Crippen LogP contribution in [0.4, 0.5) is 4.39 Å². The maximum atomic E-state index is 12.9. The molecule has 1 aliphatic rings. The molecule has 27 heavy (non-hydrogen) atoms. The summed E-state index contributed by atoms with van der Waals surface area (Å²) in [7, 11) is 0. The third-order valence-corrected chi connectivity index (χ3v) is 4.36. The van der Waals surface area contributed by atoms with Crippen LogP contribution in [0.2, 0.25) is 0 Å². The number of Topliss-reactive ketones (excluding diaryl/α,β-unsaturated/α-hetero) is 1. The van der Waals surface area contributed by atoms with E-state index in [0.717, 1.165) is 6.42 Å². The van der Waals surface area contributed by atoms with E-state index in [1.54, 1.807) is 17.0 Å². The van der Waals surface area contributed by atoms with Crippen LogP contribution in [-0.4, -0.2) is 29.7 Å². The Morgan fingerprint density at radius 3 is 2.26 bits per heavy atom. The van der Waals surface area contributed by atoms with Crippen LogP contribution in [0.3, 0.4) is 0 Å². The molecular weight excluding hydrogens is 340 g/mol. The maximum absolute atomic E-state index is 12.9. The van der Waals surface area contributed by atoms with Crippen LogP contribution in [0, 0.1) is 18.7 Å². The molecule has 0 atom stereocenters. The third-order valence-electron chi connectivity index (χ3n) is 4.36. The van der Waals surface area contributed by atoms with Crippen molar-refractivity contribution in [3.8, 4) is 0 Å². The zero-order valence-corrected chi connectivity index (χ0v) is 16.1. The van der Waals surface area contributed by atoms with Crippen molar-refractivity contribution in [1.29, 1.82) is 0 Å². The minimum absolute atomic E-state index is 0. The van der Waals surface area contributed by atoms with Gasteiger partial charge in [0, 0.05) is 24.6 Å². The normalized spacial score (nSPS) is 14.0. The van der Waals surface area contributed by atoms with Gasteiger partial charge >= 0.3 is 18.9 Å². The minimum atomic E-state index is -0.362. The van der Waals surface area contributed by atoms with Crippen LogP contribution >= 0.6 is 0 Å². The number of hydrogen-bond donors (Lipinski definition) is 0. The van der Waals surface area contributed by atoms with Gasteiger partial charge in [-0.2, -0.15) is 6.42 Å². The molecule has 0 spiro atoms. The molecule has 0 unspecified atom stereocenters. The fraction of sp³-hybridized carbons (Fsp3) is 0.381. The second-order valence-corrected chi connectivity index (χ2v) is 6.27. The molecule has 140 valence electrons. The van der Waals surface area contributed by atoms with E-state index < -0.39 is 0 Å². The summed E-state index contributed by atoms with van der Waals surface area (Å²) in [5.74, 6) is -0.214. The molecule has 3 rings (SSSR count). The van der Waals surface area contributed by atoms with Crippen molar-refractivity contribution in [3.63, 3.8) is 0 Å². The number of carbonyl (C=O) groups is 2. The van der Waals surface area contributed by atoms with Gasteiger partial charge in [-0.3, -0.25) is 9.59 Å². The van der Waals surface area contributed by atoms with Crippen molar-refractivity contribution in [2.24, 2.45) is 5.92 Å². The van der Waals surface area contributed by atoms with E-state index in [9.17, 15) is 14.0 Å². The van der Waals surface area contributed by atoms with Gasteiger partial charge in [-0.15, -0.1) is 0 Å². The summed E-state index contributed by atoms with van der Waals surface area (Å²) in [6, 6.07) is 8.88. The van der Waals surface area contributed by atoms with Crippen LogP contribution in [-0.2, 0) is 0 Å². The van der Waals surface area contributed by atoms with Gasteiger partial charge in [0.05, 0.1) is 6.26 Å². The third kappa shape index (κ3) is 6.68. The maximum Gasteiger partial charge on any atom is 1.00 e. The Balaban J connectivity index is 0.000000666. The van der Waals surface area contributed by atoms with E-state index in [0.29, 0.717) is 37.3 Å². The molecule has 0 aliphatic carbocycles. The summed E-state index contributed by atoms with van der Waals surface area (Å²) in [5, 5.41) is 0. The number of amides is 1. The van der Waals surface area contributed by atoms with Gasteiger partial charge in [-0.05, 0) is 49.2 Å². The monoisotopic (exact) mass is 365 g/mol. The van der Waals surface area contributed by atoms with Crippen molar-refractivity contribution in [1.82, 2.24) is 4.90 Å². The van der Waals surface area contributed by atoms with Crippen LogP contribution in [0.5, 0.6) is 0 Å². The molecule has 0 saturated carbocycles. The van der Waals surface area contributed by atoms with Gasteiger partial charge in [-0.25, -0.2) is 4.39 Å². The first-order chi connectivity index (χ1) is 12.6. The first-order valence-corrected chi connectivity index (χ1v) is 8.98. The summed E-state index contributed by atoms with van der Waals surface area (Å²) in [5.41, 5.74) is 0.470. The van der Waals surface area contributed by atoms with Crippen LogP contribution in [0.15, 0.2) is 47.1 Å². The Hall–Kier alpha value is -1.83.